The van der Waals surface area contributed by atoms with E-state index in [-0.39, 0.29) is 12.1 Å². The lowest BCUT2D eigenvalue weighted by atomic mass is 10.0. The van der Waals surface area contributed by atoms with Gasteiger partial charge in [-0.1, -0.05) is 67.6 Å². The number of thioether (sulfide) groups is 1. The Kier molecular flexibility index (Phi) is 7.42. The number of nitrogens with two attached hydrogens (primary N) is 1. The van der Waals surface area contributed by atoms with Gasteiger partial charge in [0.05, 0.1) is 6.21 Å². The van der Waals surface area contributed by atoms with Crippen molar-refractivity contribution in [3.05, 3.63) is 83.1 Å². The van der Waals surface area contributed by atoms with Gasteiger partial charge in [-0.15, -0.1) is 11.8 Å². The summed E-state index contributed by atoms with van der Waals surface area (Å²) < 4.78 is 5.97. The maximum absolute atomic E-state index is 13.5. The summed E-state index contributed by atoms with van der Waals surface area (Å²) >= 11 is 1.38. The van der Waals surface area contributed by atoms with Crippen LogP contribution < -0.4 is 11.2 Å². The molecule has 180 valence electrons. The number of β-lactam (4-membered cyclic amide) rings is 1. The van der Waals surface area contributed by atoms with Crippen LogP contribution >= 0.6 is 11.8 Å². The number of nitrogens with one attached hydrogen (secondary N) is 1. The largest absolute Gasteiger partial charge is 0.448 e. The molecule has 3 N–H and O–H groups in total. The highest BCUT2D eigenvalue weighted by molar-refractivity contribution is 8.00. The fourth-order valence-electron chi connectivity index (χ4n) is 3.77. The lowest BCUT2D eigenvalue weighted by Gasteiger charge is -2.48. The molecule has 10 heteroatoms. The molecule has 0 aliphatic carbocycles. The summed E-state index contributed by atoms with van der Waals surface area (Å²) in [5.41, 5.74) is 10.0. The molecule has 2 atom stereocenters. The summed E-state index contributed by atoms with van der Waals surface area (Å²) in [4.78, 5) is 50.7. The first-order valence-electron chi connectivity index (χ1n) is 11.0. The molecule has 4 rings (SSSR count). The van der Waals surface area contributed by atoms with Crippen LogP contribution in [0, 0.1) is 0 Å². The van der Waals surface area contributed by atoms with E-state index in [4.69, 9.17) is 10.5 Å². The summed E-state index contributed by atoms with van der Waals surface area (Å²) in [5, 5.41) is 3.43. The summed E-state index contributed by atoms with van der Waals surface area (Å²) in [6.07, 6.45) is 0.591. The third-order valence-corrected chi connectivity index (χ3v) is 6.95. The first-order chi connectivity index (χ1) is 16.9. The predicted molar refractivity (Wildman–Crippen MR) is 131 cm³/mol. The molecule has 2 aliphatic rings. The first kappa shape index (κ1) is 24.4. The van der Waals surface area contributed by atoms with Crippen LogP contribution in [-0.4, -0.2) is 51.8 Å². The van der Waals surface area contributed by atoms with E-state index in [1.807, 2.05) is 60.7 Å². The average Bonchev–Trinajstić information content (AvgIpc) is 2.91. The van der Waals surface area contributed by atoms with Crippen molar-refractivity contribution >= 4 is 41.5 Å². The third kappa shape index (κ3) is 5.03. The minimum Gasteiger partial charge on any atom is -0.448 e. The lowest BCUT2D eigenvalue weighted by molar-refractivity contribution is -0.153. The van der Waals surface area contributed by atoms with Crippen LogP contribution in [0.5, 0.6) is 0 Å². The number of fused-ring (bicyclic) bond motifs is 1. The zero-order valence-electron chi connectivity index (χ0n) is 18.9. The van der Waals surface area contributed by atoms with Gasteiger partial charge in [0.2, 0.25) is 11.7 Å². The number of ether oxygens (including phenoxy) is 1. The second-order valence-corrected chi connectivity index (χ2v) is 9.00. The number of hydrogen-bond acceptors (Lipinski definition) is 8. The maximum Gasteiger partial charge on any atom is 0.356 e. The van der Waals surface area contributed by atoms with Crippen LogP contribution in [0.1, 0.15) is 30.6 Å². The fourth-order valence-corrected chi connectivity index (χ4v) is 5.01. The highest BCUT2D eigenvalue weighted by Crippen LogP contribution is 2.40. The minimum atomic E-state index is -0.856. The van der Waals surface area contributed by atoms with Crippen LogP contribution in [0.3, 0.4) is 0 Å². The smallest absolute Gasteiger partial charge is 0.356 e. The van der Waals surface area contributed by atoms with Gasteiger partial charge in [0.15, 0.2) is 6.10 Å². The molecule has 2 heterocycles. The molecule has 9 nitrogen and oxygen atoms in total. The van der Waals surface area contributed by atoms with Crippen molar-refractivity contribution in [1.82, 2.24) is 10.3 Å². The van der Waals surface area contributed by atoms with E-state index in [9.17, 15) is 19.2 Å². The van der Waals surface area contributed by atoms with Crippen molar-refractivity contribution in [2.75, 3.05) is 5.75 Å². The summed E-state index contributed by atoms with van der Waals surface area (Å²) in [7, 11) is 0. The molecule has 2 aromatic carbocycles. The van der Waals surface area contributed by atoms with Gasteiger partial charge in [0.1, 0.15) is 17.1 Å². The normalized spacial score (nSPS) is 19.4. The number of Topliss-reactive ketones (excluding diaryl/α,β-unsaturated/α-hetero) is 1. The molecule has 2 amide bonds. The number of carbonyl (C=O) groups is 4. The lowest BCUT2D eigenvalue weighted by Crippen LogP contribution is -2.68. The molecule has 1 unspecified atom stereocenters. The van der Waals surface area contributed by atoms with Crippen molar-refractivity contribution in [1.29, 1.82) is 0 Å². The Bertz CT molecular complexity index is 1160. The number of nitrogens with zero attached hydrogens (tertiary/aromatic N) is 2. The van der Waals surface area contributed by atoms with Gasteiger partial charge in [0.25, 0.3) is 0 Å². The van der Waals surface area contributed by atoms with Crippen molar-refractivity contribution in [3.8, 4) is 0 Å². The number of esters is 1. The minimum absolute atomic E-state index is 0.0251. The summed E-state index contributed by atoms with van der Waals surface area (Å²) in [6.45, 7) is 1.56. The van der Waals surface area contributed by atoms with Gasteiger partial charge in [0, 0.05) is 17.7 Å². The van der Waals surface area contributed by atoms with Gasteiger partial charge in [-0.3, -0.25) is 19.3 Å². The molecule has 0 aromatic heterocycles. The molecule has 35 heavy (non-hydrogen) atoms. The van der Waals surface area contributed by atoms with Crippen LogP contribution in [0.25, 0.3) is 0 Å². The quantitative estimate of drug-likeness (QED) is 0.189. The number of benzene rings is 2. The van der Waals surface area contributed by atoms with Crippen molar-refractivity contribution < 1.29 is 23.9 Å². The van der Waals surface area contributed by atoms with Crippen LogP contribution in [0.15, 0.2) is 77.0 Å². The highest BCUT2D eigenvalue weighted by Gasteiger charge is 2.52. The zero-order chi connectivity index (χ0) is 24.9. The van der Waals surface area contributed by atoms with Crippen molar-refractivity contribution in [2.24, 2.45) is 10.8 Å². The van der Waals surface area contributed by atoms with Crippen LogP contribution in [0.4, 0.5) is 0 Å². The topological polar surface area (TPSA) is 131 Å². The first-order valence-corrected chi connectivity index (χ1v) is 12.1. The molecule has 0 bridgehead atoms. The molecule has 1 fully saturated rings. The molecule has 2 aromatic rings. The molecule has 0 spiro atoms. The molecule has 0 saturated carbocycles. The van der Waals surface area contributed by atoms with Crippen LogP contribution in [-0.2, 0) is 23.9 Å². The molecule has 0 radical (unpaired) electrons. The van der Waals surface area contributed by atoms with E-state index in [0.29, 0.717) is 11.3 Å². The Labute approximate surface area is 206 Å². The van der Waals surface area contributed by atoms with E-state index < -0.39 is 41.1 Å². The number of amides is 2. The standard InChI is InChI=1S/C25H24N4O5S/c1-2-18(30)22(31)28-27-13-17-14-35-24-19(26)23(32)29(24)20(17)25(33)34-21(15-9-5-3-6-10-15)16-11-7-4-8-12-16/h3-13,19,21,24H,2,14,26H2,1H3,(H,28,31)/t19?,24-/m0/s1. The second kappa shape index (κ2) is 10.7. The maximum atomic E-state index is 13.5. The Morgan fingerprint density at radius 2 is 1.74 bits per heavy atom. The van der Waals surface area contributed by atoms with Crippen molar-refractivity contribution in [3.63, 3.8) is 0 Å². The van der Waals surface area contributed by atoms with Gasteiger partial charge < -0.3 is 10.5 Å². The zero-order valence-corrected chi connectivity index (χ0v) is 19.7. The highest BCUT2D eigenvalue weighted by atomic mass is 32.2. The van der Waals surface area contributed by atoms with E-state index in [1.54, 1.807) is 6.92 Å². The Morgan fingerprint density at radius 3 is 2.31 bits per heavy atom. The number of hydrazone groups is 1. The number of hydrogen-bond donors (Lipinski definition) is 2. The SMILES string of the molecule is CCC(=O)C(=O)NN=CC1=C(C(=O)OC(c2ccccc2)c2ccccc2)N2C(=O)C(N)[C@@H]2SC1. The Morgan fingerprint density at radius 1 is 1.14 bits per heavy atom. The van der Waals surface area contributed by atoms with Gasteiger partial charge in [-0.05, 0) is 11.1 Å². The Hall–Kier alpha value is -3.76. The number of rotatable bonds is 8. The van der Waals surface area contributed by atoms with Crippen molar-refractivity contribution in [2.45, 2.75) is 30.9 Å². The predicted octanol–water partition coefficient (Wildman–Crippen LogP) is 1.90. The summed E-state index contributed by atoms with van der Waals surface area (Å²) in [5.74, 6) is -2.28. The molecular formula is C25H24N4O5S. The van der Waals surface area contributed by atoms with E-state index >= 15 is 0 Å². The number of carbonyl (C=O) groups excluding carboxylic acids is 4. The molecular weight excluding hydrogens is 468 g/mol. The fraction of sp³-hybridized carbons (Fsp3) is 0.240. The van der Waals surface area contributed by atoms with Gasteiger partial charge in [-0.25, -0.2) is 10.2 Å². The van der Waals surface area contributed by atoms with Gasteiger partial charge >= 0.3 is 11.9 Å². The molecule has 2 aliphatic heterocycles. The van der Waals surface area contributed by atoms with E-state index in [1.165, 1.54) is 22.9 Å². The average molecular weight is 493 g/mol. The third-order valence-electron chi connectivity index (χ3n) is 5.62. The second-order valence-electron chi connectivity index (χ2n) is 7.89. The summed E-state index contributed by atoms with van der Waals surface area (Å²) in [6, 6.07) is 17.8. The Balaban J connectivity index is 1.66. The monoisotopic (exact) mass is 492 g/mol. The molecule has 1 saturated heterocycles. The van der Waals surface area contributed by atoms with E-state index in [0.717, 1.165) is 11.1 Å². The van der Waals surface area contributed by atoms with Gasteiger partial charge in [-0.2, -0.15) is 5.10 Å². The van der Waals surface area contributed by atoms with E-state index in [2.05, 4.69) is 10.5 Å². The van der Waals surface area contributed by atoms with Crippen LogP contribution in [0.2, 0.25) is 0 Å². The number of ketones is 1.